The molecule has 0 fully saturated rings. The molecule has 0 saturated carbocycles. The van der Waals surface area contributed by atoms with E-state index in [0.29, 0.717) is 5.56 Å². The molecular formula is C14H17NO5. The normalized spacial score (nSPS) is 13.3. The van der Waals surface area contributed by atoms with Gasteiger partial charge >= 0.3 is 12.0 Å². The van der Waals surface area contributed by atoms with Gasteiger partial charge in [-0.1, -0.05) is 30.3 Å². The van der Waals surface area contributed by atoms with Gasteiger partial charge in [0.1, 0.15) is 5.78 Å². The van der Waals surface area contributed by atoms with Crippen LogP contribution in [0, 0.1) is 10.1 Å². The van der Waals surface area contributed by atoms with E-state index in [9.17, 15) is 19.7 Å². The van der Waals surface area contributed by atoms with E-state index in [1.807, 2.05) is 0 Å². The van der Waals surface area contributed by atoms with Gasteiger partial charge < -0.3 is 9.53 Å². The smallest absolute Gasteiger partial charge is 0.382 e. The summed E-state index contributed by atoms with van der Waals surface area (Å²) in [5, 5.41) is 11.2. The van der Waals surface area contributed by atoms with Gasteiger partial charge in [-0.2, -0.15) is 0 Å². The van der Waals surface area contributed by atoms with Gasteiger partial charge in [-0.05, 0) is 19.4 Å². The third-order valence-corrected chi connectivity index (χ3v) is 2.87. The van der Waals surface area contributed by atoms with Crippen molar-refractivity contribution in [1.82, 2.24) is 0 Å². The van der Waals surface area contributed by atoms with Crippen LogP contribution >= 0.6 is 0 Å². The molecule has 20 heavy (non-hydrogen) atoms. The second-order valence-electron chi connectivity index (χ2n) is 4.41. The second-order valence-corrected chi connectivity index (χ2v) is 4.41. The van der Waals surface area contributed by atoms with Crippen molar-refractivity contribution in [3.8, 4) is 0 Å². The number of hydrogen-bond donors (Lipinski definition) is 0. The van der Waals surface area contributed by atoms with Crippen molar-refractivity contribution >= 4 is 11.8 Å². The van der Waals surface area contributed by atoms with Crippen LogP contribution in [0.4, 0.5) is 0 Å². The number of Topliss-reactive ketones (excluding diaryl/α,β-unsaturated/α-hetero) is 1. The molecule has 1 aromatic carbocycles. The summed E-state index contributed by atoms with van der Waals surface area (Å²) in [6.45, 7) is 2.99. The summed E-state index contributed by atoms with van der Waals surface area (Å²) in [6, 6.07) is 6.96. The summed E-state index contributed by atoms with van der Waals surface area (Å²) < 4.78 is 4.76. The molecule has 0 spiro atoms. The molecule has 0 saturated heterocycles. The van der Waals surface area contributed by atoms with Gasteiger partial charge in [0.25, 0.3) is 0 Å². The number of nitro groups is 1. The van der Waals surface area contributed by atoms with Crippen molar-refractivity contribution in [2.24, 2.45) is 0 Å². The SMILES string of the molecule is CCOC(=O)C([C@H](CC(C)=O)c1ccccc1)[N+](=O)[O-]. The molecule has 0 bridgehead atoms. The van der Waals surface area contributed by atoms with Gasteiger partial charge in [0.05, 0.1) is 12.5 Å². The van der Waals surface area contributed by atoms with Crippen molar-refractivity contribution in [2.75, 3.05) is 6.61 Å². The maximum atomic E-state index is 11.8. The number of carbonyl (C=O) groups excluding carboxylic acids is 2. The van der Waals surface area contributed by atoms with Gasteiger partial charge in [-0.15, -0.1) is 0 Å². The summed E-state index contributed by atoms with van der Waals surface area (Å²) in [7, 11) is 0. The van der Waals surface area contributed by atoms with Crippen LogP contribution in [0.15, 0.2) is 30.3 Å². The number of ether oxygens (including phenoxy) is 1. The summed E-state index contributed by atoms with van der Waals surface area (Å²) in [6.07, 6.45) is -0.0749. The van der Waals surface area contributed by atoms with Gasteiger partial charge in [0.15, 0.2) is 0 Å². The molecule has 1 aromatic rings. The Morgan fingerprint density at radius 3 is 2.35 bits per heavy atom. The first-order valence-electron chi connectivity index (χ1n) is 6.31. The van der Waals surface area contributed by atoms with E-state index in [4.69, 9.17) is 4.74 Å². The Bertz CT molecular complexity index is 486. The first-order valence-corrected chi connectivity index (χ1v) is 6.31. The number of ketones is 1. The standard InChI is InChI=1S/C14H17NO5/c1-3-20-14(17)13(15(18)19)12(9-10(2)16)11-7-5-4-6-8-11/h4-8,12-13H,3,9H2,1-2H3/t12-,13?/m1/s1. The average Bonchev–Trinajstić information content (AvgIpc) is 2.38. The Morgan fingerprint density at radius 2 is 1.90 bits per heavy atom. The van der Waals surface area contributed by atoms with E-state index in [2.05, 4.69) is 0 Å². The number of rotatable bonds is 7. The van der Waals surface area contributed by atoms with Crippen LogP contribution in [0.2, 0.25) is 0 Å². The Labute approximate surface area is 116 Å². The largest absolute Gasteiger partial charge is 0.461 e. The highest BCUT2D eigenvalue weighted by molar-refractivity contribution is 5.80. The molecule has 6 nitrogen and oxygen atoms in total. The zero-order chi connectivity index (χ0) is 15.1. The molecule has 0 aromatic heterocycles. The van der Waals surface area contributed by atoms with Crippen molar-refractivity contribution in [1.29, 1.82) is 0 Å². The lowest BCUT2D eigenvalue weighted by Crippen LogP contribution is -2.38. The van der Waals surface area contributed by atoms with Crippen LogP contribution in [-0.4, -0.2) is 29.3 Å². The lowest BCUT2D eigenvalue weighted by Gasteiger charge is -2.19. The van der Waals surface area contributed by atoms with E-state index in [1.165, 1.54) is 6.92 Å². The Kier molecular flexibility index (Phi) is 5.83. The molecule has 108 valence electrons. The molecule has 0 amide bonds. The van der Waals surface area contributed by atoms with Gasteiger partial charge in [0.2, 0.25) is 0 Å². The Balaban J connectivity index is 3.15. The minimum absolute atomic E-state index is 0.0603. The van der Waals surface area contributed by atoms with Crippen molar-refractivity contribution in [2.45, 2.75) is 32.2 Å². The minimum Gasteiger partial charge on any atom is -0.461 e. The maximum absolute atomic E-state index is 11.8. The summed E-state index contributed by atoms with van der Waals surface area (Å²) in [5.74, 6) is -1.94. The summed E-state index contributed by atoms with van der Waals surface area (Å²) in [5.41, 5.74) is 0.581. The van der Waals surface area contributed by atoms with Crippen molar-refractivity contribution in [3.05, 3.63) is 46.0 Å². The van der Waals surface area contributed by atoms with E-state index in [-0.39, 0.29) is 18.8 Å². The molecule has 0 aliphatic carbocycles. The second kappa shape index (κ2) is 7.37. The highest BCUT2D eigenvalue weighted by atomic mass is 16.6. The monoisotopic (exact) mass is 279 g/mol. The number of benzene rings is 1. The number of hydrogen-bond acceptors (Lipinski definition) is 5. The van der Waals surface area contributed by atoms with Crippen LogP contribution in [0.1, 0.15) is 31.7 Å². The molecule has 1 rings (SSSR count). The lowest BCUT2D eigenvalue weighted by atomic mass is 9.87. The molecule has 6 heteroatoms. The first kappa shape index (κ1) is 15.8. The molecule has 0 N–H and O–H groups in total. The third-order valence-electron chi connectivity index (χ3n) is 2.87. The Hall–Kier alpha value is -2.24. The fourth-order valence-electron chi connectivity index (χ4n) is 2.05. The quantitative estimate of drug-likeness (QED) is 0.432. The number of esters is 1. The number of nitrogens with zero attached hydrogens (tertiary/aromatic N) is 1. The molecule has 0 radical (unpaired) electrons. The van der Waals surface area contributed by atoms with Crippen LogP contribution in [-0.2, 0) is 14.3 Å². The van der Waals surface area contributed by atoms with Gasteiger partial charge in [-0.25, -0.2) is 4.79 Å². The lowest BCUT2D eigenvalue weighted by molar-refractivity contribution is -0.514. The fraction of sp³-hybridized carbons (Fsp3) is 0.429. The predicted octanol–water partition coefficient (Wildman–Crippen LogP) is 1.96. The molecule has 0 aliphatic rings. The molecular weight excluding hydrogens is 262 g/mol. The van der Waals surface area contributed by atoms with E-state index in [1.54, 1.807) is 37.3 Å². The van der Waals surface area contributed by atoms with Crippen molar-refractivity contribution in [3.63, 3.8) is 0 Å². The van der Waals surface area contributed by atoms with Crippen LogP contribution in [0.5, 0.6) is 0 Å². The predicted molar refractivity (Wildman–Crippen MR) is 71.9 cm³/mol. The van der Waals surface area contributed by atoms with E-state index < -0.39 is 22.9 Å². The zero-order valence-corrected chi connectivity index (χ0v) is 11.4. The van der Waals surface area contributed by atoms with E-state index >= 15 is 0 Å². The molecule has 1 unspecified atom stereocenters. The van der Waals surface area contributed by atoms with Crippen LogP contribution < -0.4 is 0 Å². The van der Waals surface area contributed by atoms with Gasteiger partial charge in [-0.3, -0.25) is 10.1 Å². The maximum Gasteiger partial charge on any atom is 0.382 e. The van der Waals surface area contributed by atoms with Gasteiger partial charge in [0, 0.05) is 11.3 Å². The average molecular weight is 279 g/mol. The highest BCUT2D eigenvalue weighted by Crippen LogP contribution is 2.26. The minimum atomic E-state index is -1.57. The van der Waals surface area contributed by atoms with Crippen LogP contribution in [0.3, 0.4) is 0 Å². The molecule has 0 aliphatic heterocycles. The zero-order valence-electron chi connectivity index (χ0n) is 11.4. The first-order chi connectivity index (χ1) is 9.47. The topological polar surface area (TPSA) is 86.5 Å². The highest BCUT2D eigenvalue weighted by Gasteiger charge is 2.41. The summed E-state index contributed by atoms with van der Waals surface area (Å²) in [4.78, 5) is 33.7. The third kappa shape index (κ3) is 4.15. The Morgan fingerprint density at radius 1 is 1.30 bits per heavy atom. The van der Waals surface area contributed by atoms with E-state index in [0.717, 1.165) is 0 Å². The van der Waals surface area contributed by atoms with Crippen LogP contribution in [0.25, 0.3) is 0 Å². The molecule has 0 heterocycles. The fourth-order valence-corrected chi connectivity index (χ4v) is 2.05. The molecule has 2 atom stereocenters. The number of carbonyl (C=O) groups is 2. The summed E-state index contributed by atoms with van der Waals surface area (Å²) >= 11 is 0. The van der Waals surface area contributed by atoms with Crippen molar-refractivity contribution < 1.29 is 19.2 Å².